The van der Waals surface area contributed by atoms with E-state index in [4.69, 9.17) is 0 Å². The molecular formula is C15H26O. The Morgan fingerprint density at radius 1 is 1.19 bits per heavy atom. The molecule has 0 spiro atoms. The highest BCUT2D eigenvalue weighted by molar-refractivity contribution is 4.94. The lowest BCUT2D eigenvalue weighted by Gasteiger charge is -2.38. The fourth-order valence-electron chi connectivity index (χ4n) is 3.67. The van der Waals surface area contributed by atoms with Crippen LogP contribution in [0.25, 0.3) is 0 Å². The van der Waals surface area contributed by atoms with Crippen LogP contribution in [0.2, 0.25) is 0 Å². The molecule has 0 aromatic carbocycles. The lowest BCUT2D eigenvalue weighted by molar-refractivity contribution is 0.000607. The lowest BCUT2D eigenvalue weighted by Crippen LogP contribution is -2.36. The minimum Gasteiger partial charge on any atom is -0.393 e. The summed E-state index contributed by atoms with van der Waals surface area (Å²) in [7, 11) is 0. The smallest absolute Gasteiger partial charge is 0.0602 e. The number of aliphatic hydroxyl groups is 1. The molecule has 0 amide bonds. The van der Waals surface area contributed by atoms with Crippen molar-refractivity contribution >= 4 is 0 Å². The van der Waals surface area contributed by atoms with E-state index in [1.165, 1.54) is 44.9 Å². The van der Waals surface area contributed by atoms with Crippen molar-refractivity contribution in [1.82, 2.24) is 0 Å². The summed E-state index contributed by atoms with van der Waals surface area (Å²) in [5, 5.41) is 10.6. The summed E-state index contributed by atoms with van der Waals surface area (Å²) >= 11 is 0. The molecule has 0 aliphatic heterocycles. The quantitative estimate of drug-likeness (QED) is 0.718. The van der Waals surface area contributed by atoms with Gasteiger partial charge in [0.2, 0.25) is 0 Å². The van der Waals surface area contributed by atoms with Gasteiger partial charge in [0.15, 0.2) is 0 Å². The highest BCUT2D eigenvalue weighted by Gasteiger charge is 2.33. The fraction of sp³-hybridized carbons (Fsp3) is 0.867. The predicted molar refractivity (Wildman–Crippen MR) is 68.2 cm³/mol. The molecule has 1 fully saturated rings. The van der Waals surface area contributed by atoms with Crippen LogP contribution in [0.5, 0.6) is 0 Å². The third kappa shape index (κ3) is 2.68. The van der Waals surface area contributed by atoms with E-state index in [0.29, 0.717) is 11.8 Å². The van der Waals surface area contributed by atoms with Crippen LogP contribution in [-0.2, 0) is 0 Å². The molecule has 1 saturated carbocycles. The Morgan fingerprint density at radius 3 is 2.69 bits per heavy atom. The molecule has 0 aromatic rings. The molecule has 2 aliphatic rings. The van der Waals surface area contributed by atoms with Crippen molar-refractivity contribution in [3.8, 4) is 0 Å². The van der Waals surface area contributed by atoms with Crippen LogP contribution < -0.4 is 0 Å². The number of hydrogen-bond donors (Lipinski definition) is 1. The van der Waals surface area contributed by atoms with Crippen LogP contribution in [0, 0.1) is 17.8 Å². The van der Waals surface area contributed by atoms with E-state index in [9.17, 15) is 5.11 Å². The van der Waals surface area contributed by atoms with E-state index in [-0.39, 0.29) is 6.10 Å². The molecule has 1 heteroatoms. The van der Waals surface area contributed by atoms with Gasteiger partial charge in [0, 0.05) is 0 Å². The van der Waals surface area contributed by atoms with Gasteiger partial charge in [-0.15, -0.1) is 0 Å². The van der Waals surface area contributed by atoms with Crippen molar-refractivity contribution in [2.45, 2.75) is 64.4 Å². The molecule has 2 aliphatic carbocycles. The third-order valence-corrected chi connectivity index (χ3v) is 4.72. The first kappa shape index (κ1) is 12.2. The van der Waals surface area contributed by atoms with Crippen LogP contribution in [0.3, 0.4) is 0 Å². The van der Waals surface area contributed by atoms with E-state index >= 15 is 0 Å². The monoisotopic (exact) mass is 222 g/mol. The first-order valence-electron chi connectivity index (χ1n) is 7.16. The minimum absolute atomic E-state index is 0.0322. The first-order valence-corrected chi connectivity index (χ1v) is 7.16. The average molecular weight is 222 g/mol. The molecule has 0 bridgehead atoms. The van der Waals surface area contributed by atoms with Crippen molar-refractivity contribution in [3.63, 3.8) is 0 Å². The Balaban J connectivity index is 1.95. The van der Waals surface area contributed by atoms with Gasteiger partial charge in [-0.3, -0.25) is 0 Å². The minimum atomic E-state index is -0.0322. The third-order valence-electron chi connectivity index (χ3n) is 4.72. The normalized spacial score (nSPS) is 37.2. The van der Waals surface area contributed by atoms with Gasteiger partial charge in [-0.25, -0.2) is 0 Å². The van der Waals surface area contributed by atoms with Gasteiger partial charge >= 0.3 is 0 Å². The number of aliphatic hydroxyl groups excluding tert-OH is 1. The van der Waals surface area contributed by atoms with E-state index in [2.05, 4.69) is 19.1 Å². The molecule has 2 rings (SSSR count). The summed E-state index contributed by atoms with van der Waals surface area (Å²) in [4.78, 5) is 0. The second-order valence-electron chi connectivity index (χ2n) is 5.65. The second-order valence-corrected chi connectivity index (χ2v) is 5.65. The molecule has 1 nitrogen and oxygen atoms in total. The Labute approximate surface area is 99.9 Å². The predicted octanol–water partition coefficient (Wildman–Crippen LogP) is 3.92. The lowest BCUT2D eigenvalue weighted by atomic mass is 9.70. The Hall–Kier alpha value is -0.300. The molecule has 0 aromatic heterocycles. The van der Waals surface area contributed by atoms with Crippen molar-refractivity contribution in [2.75, 3.05) is 0 Å². The van der Waals surface area contributed by atoms with E-state index in [0.717, 1.165) is 12.3 Å². The Morgan fingerprint density at radius 2 is 2.00 bits per heavy atom. The highest BCUT2D eigenvalue weighted by atomic mass is 16.3. The standard InChI is InChI=1S/C15H26O/c1-2-12-8-6-7-11-14(12)15(16)13-9-4-3-5-10-13/h3-4,12-16H,2,5-11H2,1H3. The molecule has 1 N–H and O–H groups in total. The van der Waals surface area contributed by atoms with Gasteiger partial charge in [0.05, 0.1) is 6.10 Å². The van der Waals surface area contributed by atoms with E-state index < -0.39 is 0 Å². The van der Waals surface area contributed by atoms with Crippen molar-refractivity contribution < 1.29 is 5.11 Å². The molecular weight excluding hydrogens is 196 g/mol. The first-order chi connectivity index (χ1) is 7.83. The number of allylic oxidation sites excluding steroid dienone is 2. The molecule has 4 unspecified atom stereocenters. The zero-order valence-electron chi connectivity index (χ0n) is 10.6. The molecule has 0 saturated heterocycles. The summed E-state index contributed by atoms with van der Waals surface area (Å²) in [6.45, 7) is 2.29. The summed E-state index contributed by atoms with van der Waals surface area (Å²) in [6, 6.07) is 0. The van der Waals surface area contributed by atoms with Crippen molar-refractivity contribution in [1.29, 1.82) is 0 Å². The van der Waals surface area contributed by atoms with Gasteiger partial charge in [-0.2, -0.15) is 0 Å². The van der Waals surface area contributed by atoms with Crippen LogP contribution >= 0.6 is 0 Å². The Kier molecular flexibility index (Phi) is 4.45. The van der Waals surface area contributed by atoms with Crippen LogP contribution in [0.1, 0.15) is 58.3 Å². The van der Waals surface area contributed by atoms with Crippen LogP contribution in [0.4, 0.5) is 0 Å². The zero-order chi connectivity index (χ0) is 11.4. The van der Waals surface area contributed by atoms with Gasteiger partial charge in [-0.1, -0.05) is 44.8 Å². The SMILES string of the molecule is CCC1CCCCC1C(O)C1CC=CCC1. The molecule has 92 valence electrons. The van der Waals surface area contributed by atoms with Crippen LogP contribution in [0.15, 0.2) is 12.2 Å². The summed E-state index contributed by atoms with van der Waals surface area (Å²) < 4.78 is 0. The maximum Gasteiger partial charge on any atom is 0.0602 e. The molecule has 4 atom stereocenters. The summed E-state index contributed by atoms with van der Waals surface area (Å²) in [5.41, 5.74) is 0. The van der Waals surface area contributed by atoms with E-state index in [1.54, 1.807) is 0 Å². The average Bonchev–Trinajstić information content (AvgIpc) is 2.39. The van der Waals surface area contributed by atoms with Gasteiger partial charge in [0.25, 0.3) is 0 Å². The number of hydrogen-bond acceptors (Lipinski definition) is 1. The molecule has 0 radical (unpaired) electrons. The van der Waals surface area contributed by atoms with Gasteiger partial charge in [-0.05, 0) is 43.4 Å². The molecule has 0 heterocycles. The zero-order valence-corrected chi connectivity index (χ0v) is 10.6. The second kappa shape index (κ2) is 5.86. The van der Waals surface area contributed by atoms with Crippen molar-refractivity contribution in [2.24, 2.45) is 17.8 Å². The maximum atomic E-state index is 10.6. The van der Waals surface area contributed by atoms with Gasteiger partial charge < -0.3 is 5.11 Å². The maximum absolute atomic E-state index is 10.6. The fourth-order valence-corrected chi connectivity index (χ4v) is 3.67. The topological polar surface area (TPSA) is 20.2 Å². The van der Waals surface area contributed by atoms with E-state index in [1.807, 2.05) is 0 Å². The molecule has 16 heavy (non-hydrogen) atoms. The summed E-state index contributed by atoms with van der Waals surface area (Å²) in [5.74, 6) is 1.92. The van der Waals surface area contributed by atoms with Crippen LogP contribution in [-0.4, -0.2) is 11.2 Å². The highest BCUT2D eigenvalue weighted by Crippen LogP contribution is 2.38. The van der Waals surface area contributed by atoms with Gasteiger partial charge in [0.1, 0.15) is 0 Å². The largest absolute Gasteiger partial charge is 0.393 e. The van der Waals surface area contributed by atoms with Crippen molar-refractivity contribution in [3.05, 3.63) is 12.2 Å². The summed E-state index contributed by atoms with van der Waals surface area (Å²) in [6.07, 6.45) is 14.6. The number of rotatable bonds is 3. The Bertz CT molecular complexity index is 234.